The van der Waals surface area contributed by atoms with Crippen LogP contribution in [0.25, 0.3) is 15.3 Å². The molecule has 2 aromatic rings. The topological polar surface area (TPSA) is 37.5 Å². The van der Waals surface area contributed by atoms with Gasteiger partial charge in [0.05, 0.1) is 22.7 Å². The van der Waals surface area contributed by atoms with Crippen LogP contribution in [0.3, 0.4) is 0 Å². The molecule has 0 fully saturated rings. The van der Waals surface area contributed by atoms with Gasteiger partial charge in [-0.1, -0.05) is 12.1 Å². The summed E-state index contributed by atoms with van der Waals surface area (Å²) in [6, 6.07) is 5.05. The summed E-state index contributed by atoms with van der Waals surface area (Å²) < 4.78 is 0. The van der Waals surface area contributed by atoms with Crippen molar-refractivity contribution in [1.29, 1.82) is 0 Å². The van der Waals surface area contributed by atoms with Gasteiger partial charge in [-0.2, -0.15) is 0 Å². The number of hydrogen-bond donors (Lipinski definition) is 1. The van der Waals surface area contributed by atoms with Gasteiger partial charge in [0.15, 0.2) is 0 Å². The second-order valence-corrected chi connectivity index (χ2v) is 3.94. The molecule has 0 saturated heterocycles. The standard InChI is InChI=1S/C11H8N2OS/c1-7-11(15-6-13-7)8-3-4-9(12-2)10(14)5-8/h3-6,14H,1H3. The van der Waals surface area contributed by atoms with Gasteiger partial charge in [0, 0.05) is 0 Å². The summed E-state index contributed by atoms with van der Waals surface area (Å²) in [5.74, 6) is 0.0234. The molecule has 0 bridgehead atoms. The Morgan fingerprint density at radius 1 is 1.47 bits per heavy atom. The second-order valence-electron chi connectivity index (χ2n) is 3.08. The molecular weight excluding hydrogens is 208 g/mol. The molecule has 3 nitrogen and oxygen atoms in total. The van der Waals surface area contributed by atoms with Crippen LogP contribution in [0.4, 0.5) is 5.69 Å². The van der Waals surface area contributed by atoms with E-state index in [-0.39, 0.29) is 11.4 Å². The zero-order valence-electron chi connectivity index (χ0n) is 8.06. The lowest BCUT2D eigenvalue weighted by Crippen LogP contribution is -1.77. The van der Waals surface area contributed by atoms with Crippen molar-refractivity contribution in [2.75, 3.05) is 0 Å². The first kappa shape index (κ1) is 9.69. The molecule has 0 aliphatic carbocycles. The molecule has 74 valence electrons. The van der Waals surface area contributed by atoms with Crippen molar-refractivity contribution >= 4 is 17.0 Å². The first-order valence-electron chi connectivity index (χ1n) is 4.33. The van der Waals surface area contributed by atoms with E-state index >= 15 is 0 Å². The molecular formula is C11H8N2OS. The minimum atomic E-state index is 0.0234. The summed E-state index contributed by atoms with van der Waals surface area (Å²) in [6.07, 6.45) is 0. The quantitative estimate of drug-likeness (QED) is 0.742. The fourth-order valence-electron chi connectivity index (χ4n) is 1.34. The highest BCUT2D eigenvalue weighted by molar-refractivity contribution is 7.13. The first-order chi connectivity index (χ1) is 7.22. The van der Waals surface area contributed by atoms with Gasteiger partial charge in [-0.05, 0) is 18.6 Å². The van der Waals surface area contributed by atoms with Crippen LogP contribution < -0.4 is 0 Å². The maximum absolute atomic E-state index is 9.55. The number of aryl methyl sites for hydroxylation is 1. The summed E-state index contributed by atoms with van der Waals surface area (Å²) in [6.45, 7) is 8.75. The largest absolute Gasteiger partial charge is 0.519 e. The van der Waals surface area contributed by atoms with E-state index in [4.69, 9.17) is 6.57 Å². The Bertz CT molecular complexity index is 540. The lowest BCUT2D eigenvalue weighted by Gasteiger charge is -2.01. The maximum atomic E-state index is 9.55. The number of nitrogens with zero attached hydrogens (tertiary/aromatic N) is 2. The smallest absolute Gasteiger partial charge is 0.227 e. The maximum Gasteiger partial charge on any atom is 0.227 e. The van der Waals surface area contributed by atoms with Crippen molar-refractivity contribution in [1.82, 2.24) is 4.98 Å². The molecule has 2 rings (SSSR count). The Morgan fingerprint density at radius 2 is 2.27 bits per heavy atom. The normalized spacial score (nSPS) is 9.87. The summed E-state index contributed by atoms with van der Waals surface area (Å²) in [7, 11) is 0. The van der Waals surface area contributed by atoms with Gasteiger partial charge in [-0.15, -0.1) is 11.3 Å². The highest BCUT2D eigenvalue weighted by atomic mass is 32.1. The van der Waals surface area contributed by atoms with E-state index in [0.717, 1.165) is 16.1 Å². The number of hydrogen-bond acceptors (Lipinski definition) is 3. The fourth-order valence-corrected chi connectivity index (χ4v) is 2.14. The van der Waals surface area contributed by atoms with Crippen molar-refractivity contribution in [2.45, 2.75) is 6.92 Å². The Morgan fingerprint density at radius 3 is 2.80 bits per heavy atom. The summed E-state index contributed by atoms with van der Waals surface area (Å²) in [4.78, 5) is 8.37. The van der Waals surface area contributed by atoms with Crippen molar-refractivity contribution in [3.63, 3.8) is 0 Å². The number of thiazole rings is 1. The van der Waals surface area contributed by atoms with Crippen LogP contribution in [0.2, 0.25) is 0 Å². The Balaban J connectivity index is 2.53. The second kappa shape index (κ2) is 3.71. The third-order valence-electron chi connectivity index (χ3n) is 2.10. The third kappa shape index (κ3) is 1.69. The number of aromatic hydroxyl groups is 1. The van der Waals surface area contributed by atoms with E-state index in [2.05, 4.69) is 9.83 Å². The lowest BCUT2D eigenvalue weighted by molar-refractivity contribution is 0.479. The van der Waals surface area contributed by atoms with E-state index in [1.165, 1.54) is 11.3 Å². The molecule has 1 N–H and O–H groups in total. The molecule has 0 saturated carbocycles. The SMILES string of the molecule is [C-]#[N+]c1ccc(-c2scnc2C)cc1O. The molecule has 1 heterocycles. The van der Waals surface area contributed by atoms with Crippen LogP contribution in [0.5, 0.6) is 5.75 Å². The zero-order chi connectivity index (χ0) is 10.8. The predicted octanol–water partition coefficient (Wildman–Crippen LogP) is 3.37. The third-order valence-corrected chi connectivity index (χ3v) is 3.08. The van der Waals surface area contributed by atoms with Gasteiger partial charge in [-0.3, -0.25) is 0 Å². The summed E-state index contributed by atoms with van der Waals surface area (Å²) in [5, 5.41) is 9.55. The highest BCUT2D eigenvalue weighted by Gasteiger charge is 2.07. The Hall–Kier alpha value is -1.86. The number of rotatable bonds is 1. The van der Waals surface area contributed by atoms with E-state index < -0.39 is 0 Å². The van der Waals surface area contributed by atoms with Gasteiger partial charge < -0.3 is 5.11 Å². The molecule has 4 heteroatoms. The minimum absolute atomic E-state index is 0.0234. The van der Waals surface area contributed by atoms with Crippen molar-refractivity contribution in [3.05, 3.63) is 40.8 Å². The van der Waals surface area contributed by atoms with Gasteiger partial charge >= 0.3 is 0 Å². The van der Waals surface area contributed by atoms with E-state index in [0.29, 0.717) is 0 Å². The fraction of sp³-hybridized carbons (Fsp3) is 0.0909. The predicted molar refractivity (Wildman–Crippen MR) is 60.2 cm³/mol. The number of aromatic nitrogens is 1. The average molecular weight is 216 g/mol. The molecule has 1 aromatic carbocycles. The van der Waals surface area contributed by atoms with Crippen LogP contribution in [-0.2, 0) is 0 Å². The van der Waals surface area contributed by atoms with Crippen LogP contribution in [0.15, 0.2) is 23.7 Å². The monoisotopic (exact) mass is 216 g/mol. The molecule has 15 heavy (non-hydrogen) atoms. The zero-order valence-corrected chi connectivity index (χ0v) is 8.88. The number of phenols is 1. The average Bonchev–Trinajstić information content (AvgIpc) is 2.64. The molecule has 0 atom stereocenters. The first-order valence-corrected chi connectivity index (χ1v) is 5.21. The number of phenolic OH excluding ortho intramolecular Hbond substituents is 1. The van der Waals surface area contributed by atoms with Crippen LogP contribution in [0, 0.1) is 13.5 Å². The lowest BCUT2D eigenvalue weighted by atomic mass is 10.1. The van der Waals surface area contributed by atoms with Crippen LogP contribution in [0.1, 0.15) is 5.69 Å². The highest BCUT2D eigenvalue weighted by Crippen LogP contribution is 2.34. The van der Waals surface area contributed by atoms with E-state index in [1.54, 1.807) is 17.6 Å². The molecule has 0 unspecified atom stereocenters. The molecule has 0 aliphatic heterocycles. The van der Waals surface area contributed by atoms with Crippen molar-refractivity contribution < 1.29 is 5.11 Å². The molecule has 1 aromatic heterocycles. The molecule has 0 spiro atoms. The van der Waals surface area contributed by atoms with E-state index in [9.17, 15) is 5.11 Å². The van der Waals surface area contributed by atoms with Crippen molar-refractivity contribution in [2.24, 2.45) is 0 Å². The summed E-state index contributed by atoms with van der Waals surface area (Å²) >= 11 is 1.53. The Labute approximate surface area is 91.5 Å². The van der Waals surface area contributed by atoms with Crippen LogP contribution >= 0.6 is 11.3 Å². The number of benzene rings is 1. The van der Waals surface area contributed by atoms with Gasteiger partial charge in [0.25, 0.3) is 0 Å². The van der Waals surface area contributed by atoms with Gasteiger partial charge in [0.2, 0.25) is 5.69 Å². The summed E-state index contributed by atoms with van der Waals surface area (Å²) in [5.41, 5.74) is 3.89. The minimum Gasteiger partial charge on any atom is -0.519 e. The van der Waals surface area contributed by atoms with Gasteiger partial charge in [-0.25, -0.2) is 9.83 Å². The Kier molecular flexibility index (Phi) is 2.40. The molecule has 0 aliphatic rings. The molecule has 0 amide bonds. The van der Waals surface area contributed by atoms with Crippen molar-refractivity contribution in [3.8, 4) is 16.2 Å². The molecule has 0 radical (unpaired) electrons. The van der Waals surface area contributed by atoms with Gasteiger partial charge in [0.1, 0.15) is 5.75 Å². The van der Waals surface area contributed by atoms with Crippen LogP contribution in [-0.4, -0.2) is 10.1 Å². The van der Waals surface area contributed by atoms with E-state index in [1.807, 2.05) is 13.0 Å².